The predicted molar refractivity (Wildman–Crippen MR) is 154 cm³/mol. The second-order valence-corrected chi connectivity index (χ2v) is 11.4. The van der Waals surface area contributed by atoms with Crippen molar-refractivity contribution in [2.24, 2.45) is 0 Å². The van der Waals surface area contributed by atoms with E-state index < -0.39 is 6.04 Å². The molecule has 1 N–H and O–H groups in total. The molecule has 0 spiro atoms. The molecule has 0 radical (unpaired) electrons. The summed E-state index contributed by atoms with van der Waals surface area (Å²) in [4.78, 5) is 29.0. The molecule has 0 unspecified atom stereocenters. The van der Waals surface area contributed by atoms with Gasteiger partial charge in [0.25, 0.3) is 5.91 Å². The van der Waals surface area contributed by atoms with Crippen molar-refractivity contribution in [3.63, 3.8) is 0 Å². The van der Waals surface area contributed by atoms with Crippen LogP contribution in [0.1, 0.15) is 36.8 Å². The third-order valence-corrected chi connectivity index (χ3v) is 7.87. The van der Waals surface area contributed by atoms with Crippen molar-refractivity contribution in [1.29, 1.82) is 0 Å². The molecule has 0 bridgehead atoms. The van der Waals surface area contributed by atoms with Crippen molar-refractivity contribution in [3.05, 3.63) is 97.9 Å². The Morgan fingerprint density at radius 1 is 0.973 bits per heavy atom. The molecule has 0 saturated heterocycles. The maximum atomic E-state index is 13.7. The highest BCUT2D eigenvalue weighted by Gasteiger charge is 2.32. The molecule has 4 rings (SSSR count). The van der Waals surface area contributed by atoms with Gasteiger partial charge in [0.2, 0.25) is 5.91 Å². The molecule has 1 aliphatic rings. The zero-order valence-electron chi connectivity index (χ0n) is 20.3. The lowest BCUT2D eigenvalue weighted by Gasteiger charge is -2.32. The molecule has 37 heavy (non-hydrogen) atoms. The van der Waals surface area contributed by atoms with E-state index in [9.17, 15) is 9.59 Å². The molecule has 0 aromatic heterocycles. The first-order chi connectivity index (χ1) is 17.9. The normalized spacial score (nSPS) is 14.2. The van der Waals surface area contributed by atoms with E-state index in [4.69, 9.17) is 16.3 Å². The van der Waals surface area contributed by atoms with Crippen LogP contribution in [0.4, 0.5) is 0 Å². The Morgan fingerprint density at radius 2 is 1.68 bits per heavy atom. The highest BCUT2D eigenvalue weighted by Crippen LogP contribution is 2.28. The molecule has 8 heteroatoms. The first-order valence-corrected chi connectivity index (χ1v) is 14.3. The van der Waals surface area contributed by atoms with Crippen molar-refractivity contribution in [1.82, 2.24) is 10.2 Å². The topological polar surface area (TPSA) is 58.6 Å². The summed E-state index contributed by atoms with van der Waals surface area (Å²) in [5.41, 5.74) is 1.92. The summed E-state index contributed by atoms with van der Waals surface area (Å²) >= 11 is 13.0. The minimum Gasteiger partial charge on any atom is -0.483 e. The number of benzene rings is 3. The second-order valence-electron chi connectivity index (χ2n) is 9.21. The standard InChI is InChI=1S/C29H29Br2ClN2O3/c30-22-12-10-21(11-13-22)18-34(28(35)19-37-27-15-14-23(32)17-25(27)31)26(16-20-6-2-1-3-7-20)29(36)33-24-8-4-5-9-24/h1-3,6-7,10-15,17,24,26H,4-5,8-9,16,18-19H2,(H,33,36)/t26-/m1/s1. The molecule has 194 valence electrons. The maximum absolute atomic E-state index is 13.7. The van der Waals surface area contributed by atoms with Gasteiger partial charge < -0.3 is 15.0 Å². The summed E-state index contributed by atoms with van der Waals surface area (Å²) in [5, 5.41) is 3.78. The van der Waals surface area contributed by atoms with Gasteiger partial charge >= 0.3 is 0 Å². The molecule has 0 aliphatic heterocycles. The second kappa shape index (κ2) is 13.4. The number of ether oxygens (including phenoxy) is 1. The summed E-state index contributed by atoms with van der Waals surface area (Å²) in [6.07, 6.45) is 4.57. The molecular formula is C29H29Br2ClN2O3. The van der Waals surface area contributed by atoms with Gasteiger partial charge in [-0.15, -0.1) is 0 Å². The van der Waals surface area contributed by atoms with E-state index in [0.29, 0.717) is 21.7 Å². The first-order valence-electron chi connectivity index (χ1n) is 12.3. The van der Waals surface area contributed by atoms with Crippen LogP contribution in [0.3, 0.4) is 0 Å². The van der Waals surface area contributed by atoms with Gasteiger partial charge in [0.15, 0.2) is 6.61 Å². The largest absolute Gasteiger partial charge is 0.483 e. The monoisotopic (exact) mass is 646 g/mol. The van der Waals surface area contributed by atoms with E-state index in [1.807, 2.05) is 54.6 Å². The van der Waals surface area contributed by atoms with Crippen LogP contribution in [0.15, 0.2) is 81.7 Å². The number of hydrogen-bond donors (Lipinski definition) is 1. The van der Waals surface area contributed by atoms with E-state index in [2.05, 4.69) is 37.2 Å². The number of carbonyl (C=O) groups excluding carboxylic acids is 2. The summed E-state index contributed by atoms with van der Waals surface area (Å²) in [6.45, 7) is 0.0750. The Hall–Kier alpha value is -2.35. The van der Waals surface area contributed by atoms with Crippen LogP contribution < -0.4 is 10.1 Å². The number of halogens is 3. The van der Waals surface area contributed by atoms with E-state index in [1.165, 1.54) is 0 Å². The van der Waals surface area contributed by atoms with Crippen molar-refractivity contribution in [2.45, 2.75) is 50.7 Å². The van der Waals surface area contributed by atoms with Crippen LogP contribution in [-0.2, 0) is 22.6 Å². The fraction of sp³-hybridized carbons (Fsp3) is 0.310. The SMILES string of the molecule is O=C(NC1CCCC1)[C@@H](Cc1ccccc1)N(Cc1ccc(Br)cc1)C(=O)COc1ccc(Cl)cc1Br. The molecule has 1 fully saturated rings. The Morgan fingerprint density at radius 3 is 2.35 bits per heavy atom. The molecule has 1 saturated carbocycles. The van der Waals surface area contributed by atoms with Crippen molar-refractivity contribution >= 4 is 55.3 Å². The lowest BCUT2D eigenvalue weighted by atomic mass is 10.0. The van der Waals surface area contributed by atoms with Crippen LogP contribution in [-0.4, -0.2) is 35.4 Å². The Labute approximate surface area is 239 Å². The Balaban J connectivity index is 1.61. The zero-order valence-corrected chi connectivity index (χ0v) is 24.3. The van der Waals surface area contributed by atoms with E-state index >= 15 is 0 Å². The highest BCUT2D eigenvalue weighted by atomic mass is 79.9. The summed E-state index contributed by atoms with van der Waals surface area (Å²) < 4.78 is 7.48. The van der Waals surface area contributed by atoms with E-state index in [0.717, 1.165) is 41.3 Å². The minimum absolute atomic E-state index is 0.131. The van der Waals surface area contributed by atoms with E-state index in [-0.39, 0.29) is 31.0 Å². The Bertz CT molecular complexity index is 1200. The van der Waals surface area contributed by atoms with Gasteiger partial charge in [-0.3, -0.25) is 9.59 Å². The smallest absolute Gasteiger partial charge is 0.261 e. The van der Waals surface area contributed by atoms with Crippen LogP contribution >= 0.6 is 43.5 Å². The average molecular weight is 649 g/mol. The summed E-state index contributed by atoms with van der Waals surface area (Å²) in [6, 6.07) is 22.2. The lowest BCUT2D eigenvalue weighted by molar-refractivity contribution is -0.143. The van der Waals surface area contributed by atoms with Crippen molar-refractivity contribution < 1.29 is 14.3 Å². The fourth-order valence-corrected chi connectivity index (χ4v) is 5.58. The lowest BCUT2D eigenvalue weighted by Crippen LogP contribution is -2.53. The van der Waals surface area contributed by atoms with Crippen LogP contribution in [0.25, 0.3) is 0 Å². The Kier molecular flexibility index (Phi) is 10.1. The molecule has 3 aromatic carbocycles. The molecule has 5 nitrogen and oxygen atoms in total. The fourth-order valence-electron chi connectivity index (χ4n) is 4.52. The molecular weight excluding hydrogens is 620 g/mol. The molecule has 3 aromatic rings. The van der Waals surface area contributed by atoms with Gasteiger partial charge in [-0.2, -0.15) is 0 Å². The molecule has 2 amide bonds. The van der Waals surface area contributed by atoms with Gasteiger partial charge in [-0.25, -0.2) is 0 Å². The number of amides is 2. The average Bonchev–Trinajstić information content (AvgIpc) is 3.40. The first kappa shape index (κ1) is 27.7. The minimum atomic E-state index is -0.684. The van der Waals surface area contributed by atoms with Gasteiger partial charge in [-0.1, -0.05) is 82.8 Å². The van der Waals surface area contributed by atoms with Gasteiger partial charge in [-0.05, 0) is 70.2 Å². The quantitative estimate of drug-likeness (QED) is 0.259. The molecule has 1 aliphatic carbocycles. The van der Waals surface area contributed by atoms with Gasteiger partial charge in [0.05, 0.1) is 4.47 Å². The maximum Gasteiger partial charge on any atom is 0.261 e. The van der Waals surface area contributed by atoms with Crippen LogP contribution in [0.5, 0.6) is 5.75 Å². The number of carbonyl (C=O) groups is 2. The third-order valence-electron chi connectivity index (χ3n) is 6.48. The van der Waals surface area contributed by atoms with E-state index in [1.54, 1.807) is 23.1 Å². The number of nitrogens with one attached hydrogen (secondary N) is 1. The molecule has 1 atom stereocenters. The highest BCUT2D eigenvalue weighted by molar-refractivity contribution is 9.10. The van der Waals surface area contributed by atoms with Crippen LogP contribution in [0, 0.1) is 0 Å². The third kappa shape index (κ3) is 8.06. The summed E-state index contributed by atoms with van der Waals surface area (Å²) in [7, 11) is 0. The van der Waals surface area contributed by atoms with Gasteiger partial charge in [0.1, 0.15) is 11.8 Å². The van der Waals surface area contributed by atoms with Gasteiger partial charge in [0, 0.05) is 28.5 Å². The number of nitrogens with zero attached hydrogens (tertiary/aromatic N) is 1. The predicted octanol–water partition coefficient (Wildman–Crippen LogP) is 6.94. The number of hydrogen-bond acceptors (Lipinski definition) is 3. The zero-order chi connectivity index (χ0) is 26.2. The number of rotatable bonds is 10. The van der Waals surface area contributed by atoms with Crippen molar-refractivity contribution in [2.75, 3.05) is 6.61 Å². The summed E-state index contributed by atoms with van der Waals surface area (Å²) in [5.74, 6) is 0.109. The van der Waals surface area contributed by atoms with Crippen LogP contribution in [0.2, 0.25) is 5.02 Å². The molecule has 0 heterocycles. The van der Waals surface area contributed by atoms with Crippen molar-refractivity contribution in [3.8, 4) is 5.75 Å².